The van der Waals surface area contributed by atoms with Crippen molar-refractivity contribution in [3.63, 3.8) is 0 Å². The highest BCUT2D eigenvalue weighted by Gasteiger charge is 2.31. The van der Waals surface area contributed by atoms with Gasteiger partial charge < -0.3 is 4.74 Å². The maximum Gasteiger partial charge on any atom is 0.229 e. The number of carbonyl (C=O) groups excluding carboxylic acids is 1. The smallest absolute Gasteiger partial charge is 0.229 e. The molecule has 21 heavy (non-hydrogen) atoms. The molecule has 3 nitrogen and oxygen atoms in total. The molecule has 3 rings (SSSR count). The van der Waals surface area contributed by atoms with Crippen LogP contribution in [0.25, 0.3) is 0 Å². The molecule has 2 aromatic rings. The van der Waals surface area contributed by atoms with Crippen LogP contribution in [0.2, 0.25) is 0 Å². The summed E-state index contributed by atoms with van der Waals surface area (Å²) >= 11 is 1.80. The van der Waals surface area contributed by atoms with Gasteiger partial charge >= 0.3 is 0 Å². The van der Waals surface area contributed by atoms with Crippen molar-refractivity contribution in [3.05, 3.63) is 60.2 Å². The molecule has 1 aliphatic rings. The normalized spacial score (nSPS) is 18.6. The lowest BCUT2D eigenvalue weighted by atomic mass is 10.1. The van der Waals surface area contributed by atoms with Crippen molar-refractivity contribution in [3.8, 4) is 5.75 Å². The lowest BCUT2D eigenvalue weighted by Crippen LogP contribution is -2.37. The Balaban J connectivity index is 2.00. The van der Waals surface area contributed by atoms with E-state index < -0.39 is 0 Å². The second-order valence-corrected chi connectivity index (χ2v) is 6.04. The van der Waals surface area contributed by atoms with Crippen molar-refractivity contribution in [1.29, 1.82) is 0 Å². The summed E-state index contributed by atoms with van der Waals surface area (Å²) in [5, 5.41) is 0.0274. The van der Waals surface area contributed by atoms with Gasteiger partial charge in [-0.25, -0.2) is 0 Å². The first-order chi connectivity index (χ1) is 10.3. The van der Waals surface area contributed by atoms with Crippen LogP contribution in [0.3, 0.4) is 0 Å². The van der Waals surface area contributed by atoms with E-state index in [2.05, 4.69) is 12.1 Å². The lowest BCUT2D eigenvalue weighted by Gasteiger charge is -2.35. The van der Waals surface area contributed by atoms with Crippen molar-refractivity contribution in [2.45, 2.75) is 11.8 Å². The topological polar surface area (TPSA) is 29.5 Å². The molecule has 0 aliphatic carbocycles. The zero-order chi connectivity index (χ0) is 14.7. The van der Waals surface area contributed by atoms with E-state index in [1.165, 1.54) is 0 Å². The standard InChI is InChI=1S/C17H17NO2S/c1-20-15-9-5-8-14(12-15)18-16(19)10-11-21-17(18)13-6-3-2-4-7-13/h2-9,12,17H,10-11H2,1H3. The molecule has 1 heterocycles. The summed E-state index contributed by atoms with van der Waals surface area (Å²) in [6.45, 7) is 0. The van der Waals surface area contributed by atoms with Crippen molar-refractivity contribution >= 4 is 23.4 Å². The van der Waals surface area contributed by atoms with E-state index in [0.717, 1.165) is 22.8 Å². The summed E-state index contributed by atoms with van der Waals surface area (Å²) in [5.41, 5.74) is 2.04. The number of thioether (sulfide) groups is 1. The number of hydrogen-bond acceptors (Lipinski definition) is 3. The van der Waals surface area contributed by atoms with Crippen LogP contribution >= 0.6 is 11.8 Å². The average Bonchev–Trinajstić information content (AvgIpc) is 2.55. The molecule has 1 atom stereocenters. The maximum absolute atomic E-state index is 12.4. The summed E-state index contributed by atoms with van der Waals surface area (Å²) in [4.78, 5) is 14.3. The van der Waals surface area contributed by atoms with E-state index in [0.29, 0.717) is 6.42 Å². The van der Waals surface area contributed by atoms with Gasteiger partial charge in [0.25, 0.3) is 0 Å². The van der Waals surface area contributed by atoms with E-state index >= 15 is 0 Å². The molecule has 0 saturated carbocycles. The molecule has 1 amide bonds. The third-order valence-electron chi connectivity index (χ3n) is 3.51. The van der Waals surface area contributed by atoms with Gasteiger partial charge in [0, 0.05) is 23.9 Å². The Bertz CT molecular complexity index is 630. The second-order valence-electron chi connectivity index (χ2n) is 4.85. The number of amides is 1. The summed E-state index contributed by atoms with van der Waals surface area (Å²) in [5.74, 6) is 1.79. The Morgan fingerprint density at radius 1 is 1.14 bits per heavy atom. The number of ether oxygens (including phenoxy) is 1. The minimum absolute atomic E-state index is 0.0274. The predicted molar refractivity (Wildman–Crippen MR) is 86.7 cm³/mol. The highest BCUT2D eigenvalue weighted by atomic mass is 32.2. The monoisotopic (exact) mass is 299 g/mol. The van der Waals surface area contributed by atoms with Crippen LogP contribution in [-0.4, -0.2) is 18.8 Å². The number of benzene rings is 2. The molecule has 4 heteroatoms. The fourth-order valence-electron chi connectivity index (χ4n) is 2.49. The third kappa shape index (κ3) is 2.90. The van der Waals surface area contributed by atoms with Gasteiger partial charge in [0.15, 0.2) is 0 Å². The highest BCUT2D eigenvalue weighted by molar-refractivity contribution is 7.99. The van der Waals surface area contributed by atoms with Crippen LogP contribution in [0.15, 0.2) is 54.6 Å². The number of rotatable bonds is 3. The molecule has 1 unspecified atom stereocenters. The van der Waals surface area contributed by atoms with Gasteiger partial charge in [-0.3, -0.25) is 9.69 Å². The minimum Gasteiger partial charge on any atom is -0.497 e. The Labute approximate surface area is 128 Å². The van der Waals surface area contributed by atoms with Crippen molar-refractivity contribution in [2.75, 3.05) is 17.8 Å². The molecule has 2 aromatic carbocycles. The number of anilines is 1. The fourth-order valence-corrected chi connectivity index (χ4v) is 3.74. The predicted octanol–water partition coefficient (Wildman–Crippen LogP) is 3.86. The quantitative estimate of drug-likeness (QED) is 0.862. The van der Waals surface area contributed by atoms with E-state index in [1.54, 1.807) is 18.9 Å². The molecule has 108 valence electrons. The summed E-state index contributed by atoms with van der Waals surface area (Å²) in [6, 6.07) is 17.9. The van der Waals surface area contributed by atoms with E-state index in [1.807, 2.05) is 47.4 Å². The van der Waals surface area contributed by atoms with Crippen LogP contribution in [0.5, 0.6) is 5.75 Å². The number of hydrogen-bond donors (Lipinski definition) is 0. The van der Waals surface area contributed by atoms with Gasteiger partial charge in [-0.1, -0.05) is 36.4 Å². The molecule has 0 bridgehead atoms. The Morgan fingerprint density at radius 3 is 2.71 bits per heavy atom. The third-order valence-corrected chi connectivity index (χ3v) is 4.75. The molecular weight excluding hydrogens is 282 g/mol. The van der Waals surface area contributed by atoms with Gasteiger partial charge in [-0.05, 0) is 17.7 Å². The highest BCUT2D eigenvalue weighted by Crippen LogP contribution is 2.40. The minimum atomic E-state index is 0.0274. The molecule has 1 saturated heterocycles. The molecule has 0 radical (unpaired) electrons. The zero-order valence-corrected chi connectivity index (χ0v) is 12.7. The van der Waals surface area contributed by atoms with Crippen LogP contribution in [0.4, 0.5) is 5.69 Å². The van der Waals surface area contributed by atoms with Gasteiger partial charge in [-0.2, -0.15) is 0 Å². The first-order valence-electron chi connectivity index (χ1n) is 6.92. The van der Waals surface area contributed by atoms with E-state index in [9.17, 15) is 4.79 Å². The molecule has 0 N–H and O–H groups in total. The summed E-state index contributed by atoms with van der Waals surface area (Å²) in [7, 11) is 1.64. The van der Waals surface area contributed by atoms with Crippen LogP contribution in [0, 0.1) is 0 Å². The summed E-state index contributed by atoms with van der Waals surface area (Å²) in [6.07, 6.45) is 0.575. The molecule has 0 spiro atoms. The number of nitrogens with zero attached hydrogens (tertiary/aromatic N) is 1. The SMILES string of the molecule is COc1cccc(N2C(=O)CCSC2c2ccccc2)c1. The molecule has 1 aliphatic heterocycles. The van der Waals surface area contributed by atoms with E-state index in [-0.39, 0.29) is 11.3 Å². The largest absolute Gasteiger partial charge is 0.497 e. The van der Waals surface area contributed by atoms with Gasteiger partial charge in [0.1, 0.15) is 11.1 Å². The fraction of sp³-hybridized carbons (Fsp3) is 0.235. The van der Waals surface area contributed by atoms with Crippen molar-refractivity contribution < 1.29 is 9.53 Å². The summed E-state index contributed by atoms with van der Waals surface area (Å²) < 4.78 is 5.28. The molecular formula is C17H17NO2S. The van der Waals surface area contributed by atoms with Gasteiger partial charge in [-0.15, -0.1) is 11.8 Å². The van der Waals surface area contributed by atoms with E-state index in [4.69, 9.17) is 4.74 Å². The van der Waals surface area contributed by atoms with Gasteiger partial charge in [0.05, 0.1) is 7.11 Å². The average molecular weight is 299 g/mol. The Hall–Kier alpha value is -1.94. The van der Waals surface area contributed by atoms with Gasteiger partial charge in [0.2, 0.25) is 5.91 Å². The Kier molecular flexibility index (Phi) is 4.15. The first-order valence-corrected chi connectivity index (χ1v) is 7.97. The second kappa shape index (κ2) is 6.22. The molecule has 0 aromatic heterocycles. The number of methoxy groups -OCH3 is 1. The van der Waals surface area contributed by atoms with Crippen LogP contribution in [-0.2, 0) is 4.79 Å². The first kappa shape index (κ1) is 14.0. The van der Waals surface area contributed by atoms with Crippen LogP contribution < -0.4 is 9.64 Å². The maximum atomic E-state index is 12.4. The molecule has 1 fully saturated rings. The zero-order valence-electron chi connectivity index (χ0n) is 11.9. The van der Waals surface area contributed by atoms with Crippen molar-refractivity contribution in [2.24, 2.45) is 0 Å². The van der Waals surface area contributed by atoms with Crippen molar-refractivity contribution in [1.82, 2.24) is 0 Å². The number of carbonyl (C=O) groups is 1. The Morgan fingerprint density at radius 2 is 1.95 bits per heavy atom. The van der Waals surface area contributed by atoms with Crippen LogP contribution in [0.1, 0.15) is 17.4 Å². The lowest BCUT2D eigenvalue weighted by molar-refractivity contribution is -0.118.